The van der Waals surface area contributed by atoms with E-state index in [2.05, 4.69) is 10.3 Å². The molecule has 0 saturated heterocycles. The minimum Gasteiger partial charge on any atom is -0.510 e. The SMILES string of the molecule is CCNC(=O)C1=C(O)CSC1=Nc1ccc(C)c(C)c1. The fraction of sp³-hybridized carbons (Fsp3) is 0.333. The predicted octanol–water partition coefficient (Wildman–Crippen LogP) is 3.03. The van der Waals surface area contributed by atoms with Gasteiger partial charge in [-0.2, -0.15) is 0 Å². The second-order valence-corrected chi connectivity index (χ2v) is 5.62. The molecule has 0 atom stereocenters. The van der Waals surface area contributed by atoms with Gasteiger partial charge in [0.25, 0.3) is 5.91 Å². The number of aryl methyl sites for hydroxylation is 2. The summed E-state index contributed by atoms with van der Waals surface area (Å²) in [5.74, 6) is 0.233. The second kappa shape index (κ2) is 6.13. The molecule has 1 heterocycles. The summed E-state index contributed by atoms with van der Waals surface area (Å²) in [6.07, 6.45) is 0. The lowest BCUT2D eigenvalue weighted by Gasteiger charge is -2.06. The van der Waals surface area contributed by atoms with Crippen LogP contribution in [0.15, 0.2) is 34.5 Å². The number of rotatable bonds is 3. The molecule has 0 radical (unpaired) electrons. The van der Waals surface area contributed by atoms with Crippen LogP contribution < -0.4 is 5.32 Å². The number of nitrogens with zero attached hydrogens (tertiary/aromatic N) is 1. The van der Waals surface area contributed by atoms with Gasteiger partial charge in [0.2, 0.25) is 0 Å². The Morgan fingerprint density at radius 2 is 2.15 bits per heavy atom. The van der Waals surface area contributed by atoms with E-state index in [9.17, 15) is 9.90 Å². The molecule has 0 aromatic heterocycles. The topological polar surface area (TPSA) is 61.7 Å². The Bertz CT molecular complexity index is 606. The van der Waals surface area contributed by atoms with E-state index in [1.165, 1.54) is 17.3 Å². The molecule has 20 heavy (non-hydrogen) atoms. The van der Waals surface area contributed by atoms with Crippen molar-refractivity contribution in [3.05, 3.63) is 40.7 Å². The van der Waals surface area contributed by atoms with Crippen molar-refractivity contribution in [2.24, 2.45) is 4.99 Å². The van der Waals surface area contributed by atoms with Crippen LogP contribution in [0.1, 0.15) is 18.1 Å². The van der Waals surface area contributed by atoms with Gasteiger partial charge in [-0.25, -0.2) is 4.99 Å². The molecule has 1 amide bonds. The normalized spacial score (nSPS) is 16.9. The van der Waals surface area contributed by atoms with Crippen LogP contribution >= 0.6 is 11.8 Å². The largest absolute Gasteiger partial charge is 0.510 e. The monoisotopic (exact) mass is 290 g/mol. The van der Waals surface area contributed by atoms with E-state index in [-0.39, 0.29) is 11.7 Å². The first kappa shape index (κ1) is 14.7. The molecule has 1 aliphatic rings. The minimum absolute atomic E-state index is 0.100. The number of thioether (sulfide) groups is 1. The predicted molar refractivity (Wildman–Crippen MR) is 83.8 cm³/mol. The zero-order chi connectivity index (χ0) is 14.7. The Kier molecular flexibility index (Phi) is 4.49. The van der Waals surface area contributed by atoms with Crippen molar-refractivity contribution >= 4 is 28.4 Å². The van der Waals surface area contributed by atoms with Gasteiger partial charge in [-0.3, -0.25) is 4.79 Å². The molecular formula is C15H18N2O2S. The van der Waals surface area contributed by atoms with Gasteiger partial charge in [-0.05, 0) is 44.0 Å². The van der Waals surface area contributed by atoms with E-state index in [4.69, 9.17) is 0 Å². The standard InChI is InChI=1S/C15H18N2O2S/c1-4-16-14(19)13-12(18)8-20-15(13)17-11-6-5-9(2)10(3)7-11/h5-7,18H,4,8H2,1-3H3,(H,16,19). The number of benzene rings is 1. The van der Waals surface area contributed by atoms with Gasteiger partial charge in [-0.1, -0.05) is 17.8 Å². The Morgan fingerprint density at radius 3 is 2.80 bits per heavy atom. The molecule has 0 aliphatic carbocycles. The summed E-state index contributed by atoms with van der Waals surface area (Å²) in [4.78, 5) is 16.5. The van der Waals surface area contributed by atoms with Crippen molar-refractivity contribution in [1.29, 1.82) is 0 Å². The van der Waals surface area contributed by atoms with Crippen molar-refractivity contribution in [1.82, 2.24) is 5.32 Å². The third kappa shape index (κ3) is 3.04. The minimum atomic E-state index is -0.266. The number of aliphatic hydroxyl groups excluding tert-OH is 1. The van der Waals surface area contributed by atoms with Crippen LogP contribution in [0.3, 0.4) is 0 Å². The smallest absolute Gasteiger partial charge is 0.257 e. The van der Waals surface area contributed by atoms with E-state index in [1.54, 1.807) is 0 Å². The summed E-state index contributed by atoms with van der Waals surface area (Å²) in [5, 5.41) is 13.1. The average Bonchev–Trinajstić information content (AvgIpc) is 2.75. The molecule has 106 valence electrons. The van der Waals surface area contributed by atoms with Crippen LogP contribution in [-0.4, -0.2) is 28.4 Å². The summed E-state index contributed by atoms with van der Waals surface area (Å²) >= 11 is 1.38. The van der Waals surface area contributed by atoms with Gasteiger partial charge < -0.3 is 10.4 Å². The van der Waals surface area contributed by atoms with Crippen LogP contribution in [0.5, 0.6) is 0 Å². The van der Waals surface area contributed by atoms with Gasteiger partial charge in [0.05, 0.1) is 11.4 Å². The first-order chi connectivity index (χ1) is 9.52. The second-order valence-electron chi connectivity index (χ2n) is 4.66. The maximum absolute atomic E-state index is 12.0. The Balaban J connectivity index is 2.33. The quantitative estimate of drug-likeness (QED) is 0.899. The molecule has 0 bridgehead atoms. The van der Waals surface area contributed by atoms with Crippen LogP contribution in [0.25, 0.3) is 0 Å². The Morgan fingerprint density at radius 1 is 1.40 bits per heavy atom. The highest BCUT2D eigenvalue weighted by molar-refractivity contribution is 8.15. The fourth-order valence-corrected chi connectivity index (χ4v) is 2.82. The highest BCUT2D eigenvalue weighted by Gasteiger charge is 2.27. The number of nitrogens with one attached hydrogen (secondary N) is 1. The highest BCUT2D eigenvalue weighted by atomic mass is 32.2. The number of amides is 1. The van der Waals surface area contributed by atoms with Gasteiger partial charge in [0, 0.05) is 6.54 Å². The van der Waals surface area contributed by atoms with E-state index in [1.807, 2.05) is 39.0 Å². The summed E-state index contributed by atoms with van der Waals surface area (Å²) in [6, 6.07) is 5.90. The van der Waals surface area contributed by atoms with Crippen molar-refractivity contribution in [2.45, 2.75) is 20.8 Å². The molecule has 1 aliphatic heterocycles. The summed E-state index contributed by atoms with van der Waals surface area (Å²) in [7, 11) is 0. The molecule has 2 rings (SSSR count). The van der Waals surface area contributed by atoms with E-state index < -0.39 is 0 Å². The van der Waals surface area contributed by atoms with E-state index in [0.29, 0.717) is 22.9 Å². The van der Waals surface area contributed by atoms with Crippen LogP contribution in [-0.2, 0) is 4.79 Å². The van der Waals surface area contributed by atoms with Crippen molar-refractivity contribution in [3.63, 3.8) is 0 Å². The fourth-order valence-electron chi connectivity index (χ4n) is 1.88. The molecule has 2 N–H and O–H groups in total. The maximum Gasteiger partial charge on any atom is 0.257 e. The first-order valence-corrected chi connectivity index (χ1v) is 7.51. The van der Waals surface area contributed by atoms with Gasteiger partial charge in [0.1, 0.15) is 16.4 Å². The molecule has 0 saturated carbocycles. The van der Waals surface area contributed by atoms with E-state index >= 15 is 0 Å². The molecule has 5 heteroatoms. The zero-order valence-electron chi connectivity index (χ0n) is 11.9. The van der Waals surface area contributed by atoms with Crippen LogP contribution in [0, 0.1) is 13.8 Å². The van der Waals surface area contributed by atoms with Crippen LogP contribution in [0.2, 0.25) is 0 Å². The van der Waals surface area contributed by atoms with Crippen LogP contribution in [0.4, 0.5) is 5.69 Å². The maximum atomic E-state index is 12.0. The van der Waals surface area contributed by atoms with Crippen molar-refractivity contribution in [2.75, 3.05) is 12.3 Å². The number of likely N-dealkylation sites (N-methyl/N-ethyl adjacent to an activating group) is 1. The number of hydrogen-bond donors (Lipinski definition) is 2. The molecule has 1 aromatic rings. The summed E-state index contributed by atoms with van der Waals surface area (Å²) in [6.45, 7) is 6.44. The summed E-state index contributed by atoms with van der Waals surface area (Å²) < 4.78 is 0. The third-order valence-corrected chi connectivity index (χ3v) is 4.12. The molecule has 0 unspecified atom stereocenters. The number of carbonyl (C=O) groups is 1. The third-order valence-electron chi connectivity index (χ3n) is 3.13. The number of carbonyl (C=O) groups excluding carboxylic acids is 1. The molecule has 0 fully saturated rings. The van der Waals surface area contributed by atoms with Crippen molar-refractivity contribution < 1.29 is 9.90 Å². The number of aliphatic hydroxyl groups is 1. The molecule has 1 aromatic carbocycles. The highest BCUT2D eigenvalue weighted by Crippen LogP contribution is 2.29. The number of hydrogen-bond acceptors (Lipinski definition) is 4. The summed E-state index contributed by atoms with van der Waals surface area (Å²) in [5.41, 5.74) is 3.46. The average molecular weight is 290 g/mol. The Labute approximate surface area is 123 Å². The van der Waals surface area contributed by atoms with Gasteiger partial charge in [0.15, 0.2) is 0 Å². The molecule has 0 spiro atoms. The lowest BCUT2D eigenvalue weighted by molar-refractivity contribution is -0.117. The zero-order valence-corrected chi connectivity index (χ0v) is 12.7. The van der Waals surface area contributed by atoms with Crippen molar-refractivity contribution in [3.8, 4) is 0 Å². The molecular weight excluding hydrogens is 272 g/mol. The van der Waals surface area contributed by atoms with Gasteiger partial charge in [-0.15, -0.1) is 0 Å². The Hall–Kier alpha value is -1.75. The first-order valence-electron chi connectivity index (χ1n) is 6.52. The van der Waals surface area contributed by atoms with Gasteiger partial charge >= 0.3 is 0 Å². The lowest BCUT2D eigenvalue weighted by atomic mass is 10.1. The number of aliphatic imine (C=N–C) groups is 1. The molecule has 4 nitrogen and oxygen atoms in total. The lowest BCUT2D eigenvalue weighted by Crippen LogP contribution is -2.27. The van der Waals surface area contributed by atoms with E-state index in [0.717, 1.165) is 11.3 Å².